The van der Waals surface area contributed by atoms with Crippen molar-refractivity contribution in [2.45, 2.75) is 0 Å². The largest absolute Gasteiger partial charge is 0.455 e. The van der Waals surface area contributed by atoms with Gasteiger partial charge in [0.1, 0.15) is 11.2 Å². The van der Waals surface area contributed by atoms with Crippen molar-refractivity contribution in [1.29, 1.82) is 0 Å². The summed E-state index contributed by atoms with van der Waals surface area (Å²) in [7, 11) is 0. The van der Waals surface area contributed by atoms with Gasteiger partial charge in [-0.2, -0.15) is 0 Å². The number of nitrogens with zero attached hydrogens (tertiary/aromatic N) is 3. The minimum atomic E-state index is 0.595. The molecule has 0 saturated carbocycles. The zero-order chi connectivity index (χ0) is 28.6. The van der Waals surface area contributed by atoms with Gasteiger partial charge in [0.15, 0.2) is 17.5 Å². The van der Waals surface area contributed by atoms with Gasteiger partial charge < -0.3 is 4.42 Å². The van der Waals surface area contributed by atoms with Crippen molar-refractivity contribution in [3.05, 3.63) is 152 Å². The highest BCUT2D eigenvalue weighted by Crippen LogP contribution is 2.41. The second kappa shape index (κ2) is 10.5. The Hall–Kier alpha value is -5.87. The van der Waals surface area contributed by atoms with E-state index in [1.807, 2.05) is 72.8 Å². The molecule has 8 aromatic rings. The van der Waals surface area contributed by atoms with E-state index in [9.17, 15) is 0 Å². The molecule has 4 heteroatoms. The molecule has 0 unspecified atom stereocenters. The van der Waals surface area contributed by atoms with Crippen LogP contribution in [0.15, 0.2) is 156 Å². The normalized spacial score (nSPS) is 11.3. The molecule has 0 bridgehead atoms. The van der Waals surface area contributed by atoms with E-state index < -0.39 is 0 Å². The highest BCUT2D eigenvalue weighted by molar-refractivity contribution is 6.12. The zero-order valence-electron chi connectivity index (χ0n) is 23.2. The number of rotatable bonds is 5. The Labute approximate surface area is 249 Å². The third-order valence-electron chi connectivity index (χ3n) is 7.77. The van der Waals surface area contributed by atoms with Crippen molar-refractivity contribution < 1.29 is 4.42 Å². The molecule has 202 valence electrons. The number of para-hydroxylation sites is 1. The first-order valence-electron chi connectivity index (χ1n) is 14.3. The lowest BCUT2D eigenvalue weighted by atomic mass is 9.96. The Morgan fingerprint density at radius 1 is 0.349 bits per heavy atom. The fourth-order valence-corrected chi connectivity index (χ4v) is 5.65. The second-order valence-electron chi connectivity index (χ2n) is 10.4. The van der Waals surface area contributed by atoms with Gasteiger partial charge in [0.25, 0.3) is 0 Å². The van der Waals surface area contributed by atoms with E-state index >= 15 is 0 Å². The summed E-state index contributed by atoms with van der Waals surface area (Å²) in [4.78, 5) is 15.1. The summed E-state index contributed by atoms with van der Waals surface area (Å²) < 4.78 is 6.51. The van der Waals surface area contributed by atoms with E-state index in [0.717, 1.165) is 55.3 Å². The molecule has 0 aliphatic carbocycles. The van der Waals surface area contributed by atoms with Crippen molar-refractivity contribution in [1.82, 2.24) is 15.0 Å². The molecule has 0 aliphatic heterocycles. The van der Waals surface area contributed by atoms with Crippen molar-refractivity contribution in [2.75, 3.05) is 0 Å². The Bertz CT molecular complexity index is 2210. The van der Waals surface area contributed by atoms with Gasteiger partial charge in [0.05, 0.1) is 0 Å². The van der Waals surface area contributed by atoms with Crippen LogP contribution in [0.25, 0.3) is 78.4 Å². The van der Waals surface area contributed by atoms with Gasteiger partial charge >= 0.3 is 0 Å². The lowest BCUT2D eigenvalue weighted by Crippen LogP contribution is -2.01. The first-order valence-corrected chi connectivity index (χ1v) is 14.3. The molecule has 43 heavy (non-hydrogen) atoms. The Morgan fingerprint density at radius 2 is 0.837 bits per heavy atom. The van der Waals surface area contributed by atoms with E-state index in [1.165, 1.54) is 5.56 Å². The first-order chi connectivity index (χ1) is 21.3. The van der Waals surface area contributed by atoms with Gasteiger partial charge in [-0.1, -0.05) is 133 Å². The van der Waals surface area contributed by atoms with Gasteiger partial charge in [-0.3, -0.25) is 0 Å². The number of hydrogen-bond donors (Lipinski definition) is 0. The molecule has 6 aromatic carbocycles. The van der Waals surface area contributed by atoms with Gasteiger partial charge in [0.2, 0.25) is 0 Å². The van der Waals surface area contributed by atoms with Gasteiger partial charge in [-0.05, 0) is 34.9 Å². The quantitative estimate of drug-likeness (QED) is 0.214. The Balaban J connectivity index is 1.36. The van der Waals surface area contributed by atoms with Crippen molar-refractivity contribution in [3.63, 3.8) is 0 Å². The molecule has 0 atom stereocenters. The number of benzene rings is 6. The molecule has 0 amide bonds. The highest BCUT2D eigenvalue weighted by Gasteiger charge is 2.21. The molecule has 8 rings (SSSR count). The smallest absolute Gasteiger partial charge is 0.164 e. The topological polar surface area (TPSA) is 51.8 Å². The van der Waals surface area contributed by atoms with E-state index in [-0.39, 0.29) is 0 Å². The molecule has 2 heterocycles. The van der Waals surface area contributed by atoms with Crippen molar-refractivity contribution >= 4 is 21.9 Å². The maximum Gasteiger partial charge on any atom is 0.164 e. The molecule has 2 aromatic heterocycles. The van der Waals surface area contributed by atoms with Crippen LogP contribution in [-0.2, 0) is 0 Å². The average Bonchev–Trinajstić information content (AvgIpc) is 3.48. The van der Waals surface area contributed by atoms with Crippen LogP contribution in [0.3, 0.4) is 0 Å². The Kier molecular flexibility index (Phi) is 6.08. The van der Waals surface area contributed by atoms with E-state index in [2.05, 4.69) is 78.9 Å². The molecule has 0 radical (unpaired) electrons. The number of hydrogen-bond acceptors (Lipinski definition) is 4. The summed E-state index contributed by atoms with van der Waals surface area (Å²) in [6.07, 6.45) is 0. The van der Waals surface area contributed by atoms with E-state index in [4.69, 9.17) is 19.4 Å². The zero-order valence-corrected chi connectivity index (χ0v) is 23.2. The highest BCUT2D eigenvalue weighted by atomic mass is 16.3. The van der Waals surface area contributed by atoms with Crippen LogP contribution in [0.4, 0.5) is 0 Å². The van der Waals surface area contributed by atoms with Crippen LogP contribution < -0.4 is 0 Å². The van der Waals surface area contributed by atoms with Crippen LogP contribution in [0.2, 0.25) is 0 Å². The van der Waals surface area contributed by atoms with Crippen molar-refractivity contribution in [2.24, 2.45) is 0 Å². The maximum atomic E-state index is 6.51. The van der Waals surface area contributed by atoms with Crippen LogP contribution in [-0.4, -0.2) is 15.0 Å². The van der Waals surface area contributed by atoms with Gasteiger partial charge in [-0.25, -0.2) is 15.0 Å². The second-order valence-corrected chi connectivity index (χ2v) is 10.4. The van der Waals surface area contributed by atoms with E-state index in [1.54, 1.807) is 0 Å². The SMILES string of the molecule is c1ccc(-c2ccc(-c3nc(-c4ccccc4)nc(-c4ccc5c(oc6ccccc65)c4-c4ccccc4)n3)cc2)cc1. The van der Waals surface area contributed by atoms with Gasteiger partial charge in [0, 0.05) is 33.0 Å². The minimum Gasteiger partial charge on any atom is -0.455 e. The predicted octanol–water partition coefficient (Wildman–Crippen LogP) is 10.1. The fraction of sp³-hybridized carbons (Fsp3) is 0. The predicted molar refractivity (Wildman–Crippen MR) is 174 cm³/mol. The number of aromatic nitrogens is 3. The lowest BCUT2D eigenvalue weighted by molar-refractivity contribution is 0.670. The molecular formula is C39H25N3O. The maximum absolute atomic E-state index is 6.51. The van der Waals surface area contributed by atoms with Crippen LogP contribution in [0.5, 0.6) is 0 Å². The standard InChI is InChI=1S/C39H25N3O/c1-4-12-26(13-5-1)27-20-22-30(23-21-27)38-40-37(29-16-8-3-9-17-29)41-39(42-38)33-25-24-32-31-18-10-11-19-34(31)43-36(32)35(33)28-14-6-2-7-15-28/h1-25H. The monoisotopic (exact) mass is 551 g/mol. The van der Waals surface area contributed by atoms with E-state index in [0.29, 0.717) is 17.5 Å². The molecule has 0 spiro atoms. The number of fused-ring (bicyclic) bond motifs is 3. The third kappa shape index (κ3) is 4.55. The summed E-state index contributed by atoms with van der Waals surface area (Å²) >= 11 is 0. The van der Waals surface area contributed by atoms with Crippen LogP contribution >= 0.6 is 0 Å². The molecule has 0 aliphatic rings. The van der Waals surface area contributed by atoms with Crippen LogP contribution in [0, 0.1) is 0 Å². The van der Waals surface area contributed by atoms with Crippen LogP contribution in [0.1, 0.15) is 0 Å². The first kappa shape index (κ1) is 24.9. The fourth-order valence-electron chi connectivity index (χ4n) is 5.65. The summed E-state index contributed by atoms with van der Waals surface area (Å²) in [5, 5.41) is 2.15. The molecule has 0 N–H and O–H groups in total. The molecule has 4 nitrogen and oxygen atoms in total. The third-order valence-corrected chi connectivity index (χ3v) is 7.77. The molecule has 0 saturated heterocycles. The lowest BCUT2D eigenvalue weighted by Gasteiger charge is -2.13. The summed E-state index contributed by atoms with van der Waals surface area (Å²) in [6, 6.07) is 51.5. The summed E-state index contributed by atoms with van der Waals surface area (Å²) in [5.41, 5.74) is 8.73. The molecular weight excluding hydrogens is 526 g/mol. The summed E-state index contributed by atoms with van der Waals surface area (Å²) in [6.45, 7) is 0. The van der Waals surface area contributed by atoms with Gasteiger partial charge in [-0.15, -0.1) is 0 Å². The van der Waals surface area contributed by atoms with Crippen molar-refractivity contribution in [3.8, 4) is 56.4 Å². The minimum absolute atomic E-state index is 0.595. The molecule has 0 fully saturated rings. The average molecular weight is 552 g/mol. The summed E-state index contributed by atoms with van der Waals surface area (Å²) in [5.74, 6) is 1.83. The number of furan rings is 1. The Morgan fingerprint density at radius 3 is 1.51 bits per heavy atom.